The smallest absolute Gasteiger partial charge is 0.248 e. The van der Waals surface area contributed by atoms with Gasteiger partial charge in [0.1, 0.15) is 0 Å². The van der Waals surface area contributed by atoms with E-state index >= 15 is 0 Å². The van der Waals surface area contributed by atoms with E-state index in [0.717, 1.165) is 0 Å². The van der Waals surface area contributed by atoms with Gasteiger partial charge in [-0.2, -0.15) is 0 Å². The van der Waals surface area contributed by atoms with Crippen LogP contribution in [0.3, 0.4) is 0 Å². The molecule has 2 aliphatic heterocycles. The fourth-order valence-electron chi connectivity index (χ4n) is 9.68. The predicted molar refractivity (Wildman–Crippen MR) is 215 cm³/mol. The maximum Gasteiger partial charge on any atom is 0.248 e. The van der Waals surface area contributed by atoms with E-state index in [-0.39, 0.29) is 6.71 Å². The number of hydrogen-bond acceptors (Lipinski definition) is 0. The molecule has 2 aliphatic rings. The molecule has 0 N–H and O–H groups in total. The van der Waals surface area contributed by atoms with Gasteiger partial charge in [-0.1, -0.05) is 187 Å². The Hall–Kier alpha value is -6.38. The van der Waals surface area contributed by atoms with Crippen molar-refractivity contribution in [2.75, 3.05) is 0 Å². The highest BCUT2D eigenvalue weighted by atomic mass is 15.0. The summed E-state index contributed by atoms with van der Waals surface area (Å²) in [4.78, 5) is 0. The topological polar surface area (TPSA) is 4.93 Å². The van der Waals surface area contributed by atoms with Gasteiger partial charge in [0.05, 0.1) is 16.6 Å². The van der Waals surface area contributed by atoms with E-state index in [1.54, 1.807) is 0 Å². The summed E-state index contributed by atoms with van der Waals surface area (Å²) in [5.41, 5.74) is 16.5. The van der Waals surface area contributed by atoms with Crippen LogP contribution in [0, 0.1) is 0 Å². The molecule has 0 amide bonds. The van der Waals surface area contributed by atoms with Crippen LogP contribution in [0.25, 0.3) is 49.7 Å². The van der Waals surface area contributed by atoms with Gasteiger partial charge in [-0.25, -0.2) is 0 Å². The lowest BCUT2D eigenvalue weighted by Crippen LogP contribution is -2.64. The Morgan fingerprint density at radius 3 is 1.71 bits per heavy atom. The second-order valence-corrected chi connectivity index (χ2v) is 13.9. The molecule has 0 atom stereocenters. The number of aromatic nitrogens is 1. The van der Waals surface area contributed by atoms with Gasteiger partial charge in [0.15, 0.2) is 0 Å². The average molecular weight is 646 g/mol. The summed E-state index contributed by atoms with van der Waals surface area (Å²) in [6.45, 7) is 0.0520. The fraction of sp³-hybridized carbons (Fsp3) is 0.0204. The molecule has 1 aromatic heterocycles. The molecule has 8 aromatic carbocycles. The SMILES string of the molecule is c1ccc(-c2c(-c3ccccc3)n3c4c(c5ccccc5cc24)B2c4ccccc4C(c4ccccc4)(c4ccccc4)c4cccc-3c42)cc1. The quantitative estimate of drug-likeness (QED) is 0.168. The van der Waals surface area contributed by atoms with Gasteiger partial charge in [-0.05, 0) is 67.2 Å². The molecule has 0 radical (unpaired) electrons. The second kappa shape index (κ2) is 10.8. The molecule has 0 bridgehead atoms. The van der Waals surface area contributed by atoms with E-state index < -0.39 is 5.41 Å². The minimum Gasteiger partial charge on any atom is -0.310 e. The van der Waals surface area contributed by atoms with Gasteiger partial charge in [-0.3, -0.25) is 0 Å². The van der Waals surface area contributed by atoms with Crippen molar-refractivity contribution < 1.29 is 0 Å². The molecule has 3 heterocycles. The molecular weight excluding hydrogens is 613 g/mol. The van der Waals surface area contributed by atoms with Gasteiger partial charge in [0.25, 0.3) is 0 Å². The van der Waals surface area contributed by atoms with E-state index in [9.17, 15) is 0 Å². The zero-order valence-corrected chi connectivity index (χ0v) is 28.0. The van der Waals surface area contributed by atoms with Crippen LogP contribution in [0.2, 0.25) is 0 Å². The molecule has 0 spiro atoms. The first-order chi connectivity index (χ1) is 25.4. The summed E-state index contributed by atoms with van der Waals surface area (Å²) in [5, 5.41) is 3.88. The Kier molecular flexibility index (Phi) is 6.03. The number of nitrogens with zero attached hydrogens (tertiary/aromatic N) is 1. The Labute approximate surface area is 298 Å². The summed E-state index contributed by atoms with van der Waals surface area (Å²) < 4.78 is 2.62. The first-order valence-electron chi connectivity index (χ1n) is 17.9. The van der Waals surface area contributed by atoms with Crippen LogP contribution in [0.1, 0.15) is 22.3 Å². The molecule has 0 fully saturated rings. The largest absolute Gasteiger partial charge is 0.310 e. The van der Waals surface area contributed by atoms with Crippen molar-refractivity contribution in [2.45, 2.75) is 5.41 Å². The van der Waals surface area contributed by atoms with E-state index in [1.165, 1.54) is 88.4 Å². The normalized spacial score (nSPS) is 13.6. The van der Waals surface area contributed by atoms with Crippen molar-refractivity contribution in [3.05, 3.63) is 216 Å². The third kappa shape index (κ3) is 3.77. The molecule has 0 aliphatic carbocycles. The number of rotatable bonds is 4. The summed E-state index contributed by atoms with van der Waals surface area (Å²) in [6.07, 6.45) is 0. The minimum absolute atomic E-state index is 0.0520. The molecule has 0 unspecified atom stereocenters. The highest BCUT2D eigenvalue weighted by Crippen LogP contribution is 2.50. The number of hydrogen-bond donors (Lipinski definition) is 0. The lowest BCUT2D eigenvalue weighted by atomic mass is 9.29. The van der Waals surface area contributed by atoms with E-state index in [0.29, 0.717) is 0 Å². The molecule has 236 valence electrons. The van der Waals surface area contributed by atoms with Crippen molar-refractivity contribution >= 4 is 44.8 Å². The molecule has 0 saturated heterocycles. The number of fused-ring (bicyclic) bond motifs is 6. The van der Waals surface area contributed by atoms with Crippen molar-refractivity contribution in [3.63, 3.8) is 0 Å². The van der Waals surface area contributed by atoms with Crippen molar-refractivity contribution in [2.24, 2.45) is 0 Å². The van der Waals surface area contributed by atoms with E-state index in [2.05, 4.69) is 199 Å². The molecule has 11 rings (SSSR count). The molecule has 1 nitrogen and oxygen atoms in total. The lowest BCUT2D eigenvalue weighted by molar-refractivity contribution is 0.750. The van der Waals surface area contributed by atoms with Crippen molar-refractivity contribution in [1.29, 1.82) is 0 Å². The molecule has 51 heavy (non-hydrogen) atoms. The zero-order valence-electron chi connectivity index (χ0n) is 28.0. The Balaban J connectivity index is 1.40. The summed E-state index contributed by atoms with van der Waals surface area (Å²) in [7, 11) is 0. The monoisotopic (exact) mass is 645 g/mol. The zero-order chi connectivity index (χ0) is 33.5. The van der Waals surface area contributed by atoms with E-state index in [1.807, 2.05) is 0 Å². The average Bonchev–Trinajstić information content (AvgIpc) is 3.55. The fourth-order valence-corrected chi connectivity index (χ4v) is 9.68. The van der Waals surface area contributed by atoms with Gasteiger partial charge in [-0.15, -0.1) is 0 Å². The first-order valence-corrected chi connectivity index (χ1v) is 17.9. The first kappa shape index (κ1) is 28.5. The van der Waals surface area contributed by atoms with Crippen LogP contribution >= 0.6 is 0 Å². The van der Waals surface area contributed by atoms with Gasteiger partial charge in [0, 0.05) is 16.6 Å². The highest BCUT2D eigenvalue weighted by Gasteiger charge is 2.51. The van der Waals surface area contributed by atoms with Crippen molar-refractivity contribution in [1.82, 2.24) is 4.57 Å². The van der Waals surface area contributed by atoms with Gasteiger partial charge >= 0.3 is 0 Å². The molecule has 2 heteroatoms. The van der Waals surface area contributed by atoms with Crippen molar-refractivity contribution in [3.8, 4) is 28.1 Å². The third-order valence-electron chi connectivity index (χ3n) is 11.5. The Bertz CT molecular complexity index is 2740. The highest BCUT2D eigenvalue weighted by molar-refractivity contribution is 7.00. The predicted octanol–water partition coefficient (Wildman–Crippen LogP) is 9.64. The second-order valence-electron chi connectivity index (χ2n) is 13.9. The van der Waals surface area contributed by atoms with Gasteiger partial charge in [0.2, 0.25) is 6.71 Å². The Morgan fingerprint density at radius 1 is 0.431 bits per heavy atom. The molecule has 0 saturated carbocycles. The molecular formula is C49H32BN. The maximum atomic E-state index is 2.62. The minimum atomic E-state index is -0.509. The molecule has 9 aromatic rings. The maximum absolute atomic E-state index is 2.62. The van der Waals surface area contributed by atoms with Crippen LogP contribution in [0.4, 0.5) is 0 Å². The van der Waals surface area contributed by atoms with Crippen LogP contribution < -0.4 is 16.4 Å². The third-order valence-corrected chi connectivity index (χ3v) is 11.5. The number of benzene rings is 8. The van der Waals surface area contributed by atoms with Crippen LogP contribution in [0.15, 0.2) is 194 Å². The van der Waals surface area contributed by atoms with Gasteiger partial charge < -0.3 is 4.57 Å². The lowest BCUT2D eigenvalue weighted by Gasteiger charge is -2.46. The summed E-state index contributed by atoms with van der Waals surface area (Å²) >= 11 is 0. The van der Waals surface area contributed by atoms with E-state index in [4.69, 9.17) is 0 Å². The van der Waals surface area contributed by atoms with Crippen LogP contribution in [0.5, 0.6) is 0 Å². The Morgan fingerprint density at radius 2 is 1.00 bits per heavy atom. The van der Waals surface area contributed by atoms with Crippen LogP contribution in [-0.4, -0.2) is 11.3 Å². The van der Waals surface area contributed by atoms with Crippen LogP contribution in [-0.2, 0) is 5.41 Å². The standard InChI is InChI=1S/C49H32BN/c1-5-18-33(19-6-1)44-39-32-35-22-13-14-27-38(35)45-48(39)51(47(44)34-20-7-2-8-21-34)43-31-17-29-41-46(43)50(45)42-30-16-15-28-40(42)49(41,36-23-9-3-10-24-36)37-25-11-4-12-26-37/h1-32H. The summed E-state index contributed by atoms with van der Waals surface area (Å²) in [5.74, 6) is 0. The summed E-state index contributed by atoms with van der Waals surface area (Å²) in [6, 6.07) is 72.2.